The van der Waals surface area contributed by atoms with Gasteiger partial charge in [-0.15, -0.1) is 23.1 Å². The van der Waals surface area contributed by atoms with Gasteiger partial charge in [-0.05, 0) is 284 Å². The standard InChI is InChI=1S/C16H13NO.C15H14O3S.C14H22N2O2.C13H16O2.C12H10O2S.C11H11NO.2C10H13NO3/c1-12-2-5-15(6-3-12)17-9-8-14-10-13(11-18)4-7-16(14)17;1-18-15-8-14(17)11(9-16)7-13(15)10-3-5-12(19-2)6-4-10;1-11-13(12(2)15-14(11)10-17)4-3-5-16-6-8-18-9-7-16;1-15-13-7-6-10(9-14)8-12(13)11-4-2-3-5-11;1-14-11-5-4-9(8-13)7-10(11)12-3-2-6-15-12;1-2-12-6-5-10-7-9(8-13)3-4-11(10)12;2*1-6-8(3-4-10(13)14)7(2)11-9(6)5-12/h2-11H,1H3;3-9,17H,1-2H3;10,15H,3-9H2,1-2H3;6-9,11H,2-5H2,1H3;2-8H,1H3;3-8H,2H2,1H3;2*5,11H,3-4H2,1-2H3,(H,13,14). The molecule has 1 aliphatic carbocycles. The molecule has 15 rings (SSSR count). The number of methoxy groups -OCH3 is 3. The van der Waals surface area contributed by atoms with Gasteiger partial charge in [0.15, 0.2) is 25.1 Å². The van der Waals surface area contributed by atoms with E-state index in [-0.39, 0.29) is 24.2 Å². The Morgan fingerprint density at radius 1 is 0.524 bits per heavy atom. The molecule has 1 saturated carbocycles. The predicted molar refractivity (Wildman–Crippen MR) is 499 cm³/mol. The second-order valence-corrected chi connectivity index (χ2v) is 31.9. The zero-order valence-corrected chi connectivity index (χ0v) is 75.1. The zero-order valence-electron chi connectivity index (χ0n) is 73.5. The maximum atomic E-state index is 10.9. The lowest BCUT2D eigenvalue weighted by Crippen LogP contribution is -2.36. The summed E-state index contributed by atoms with van der Waals surface area (Å²) < 4.78 is 25.5. The minimum atomic E-state index is -0.822. The SMILES string of the molecule is CCn1ccc2cc(C=O)ccc21.COc1cc(O)c(C=O)cc1-c1ccc(SC)cc1.COc1ccc(C=O)cc1-c1cccs1.COc1ccc(C=O)cc1C1CCCC1.Cc1[nH]c(C=O)c(C)c1CCC(=O)O.Cc1[nH]c(C=O)c(C)c1CCC(=O)O.Cc1[nH]c(C=O)c(C)c1CCCN1CCOCC1.Cc1ccc(-n2ccc3cc(C=O)ccc32)cc1. The van der Waals surface area contributed by atoms with E-state index in [0.29, 0.717) is 53.3 Å². The first kappa shape index (κ1) is 98.4. The summed E-state index contributed by atoms with van der Waals surface area (Å²) in [5, 5.41) is 31.0. The Morgan fingerprint density at radius 2 is 1.02 bits per heavy atom. The first-order valence-corrected chi connectivity index (χ1v) is 43.6. The number of hydrogen-bond donors (Lipinski definition) is 6. The number of aliphatic carboxylic acids is 2. The summed E-state index contributed by atoms with van der Waals surface area (Å²) in [6.07, 6.45) is 21.0. The number of phenolic OH excluding ortho intramolecular Hbond substituents is 1. The number of aromatic hydroxyl groups is 1. The van der Waals surface area contributed by atoms with Crippen molar-refractivity contribution >= 4 is 107 Å². The number of hydrogen-bond acceptors (Lipinski definition) is 18. The van der Waals surface area contributed by atoms with Gasteiger partial charge >= 0.3 is 11.9 Å². The molecule has 2 fully saturated rings. The van der Waals surface area contributed by atoms with E-state index in [4.69, 9.17) is 29.2 Å². The number of aromatic nitrogens is 5. The molecule has 25 heteroatoms. The van der Waals surface area contributed by atoms with Crippen LogP contribution >= 0.6 is 23.1 Å². The van der Waals surface area contributed by atoms with Gasteiger partial charge in [-0.1, -0.05) is 48.7 Å². The summed E-state index contributed by atoms with van der Waals surface area (Å²) in [4.78, 5) is 120. The molecule has 13 aromatic rings. The van der Waals surface area contributed by atoms with Crippen LogP contribution in [0.2, 0.25) is 0 Å². The smallest absolute Gasteiger partial charge is 0.303 e. The van der Waals surface area contributed by atoms with Crippen molar-refractivity contribution in [2.75, 3.05) is 60.4 Å². The van der Waals surface area contributed by atoms with E-state index in [9.17, 15) is 53.1 Å². The molecule has 6 N–H and O–H groups in total. The molecule has 23 nitrogen and oxygen atoms in total. The number of aromatic amines is 3. The highest BCUT2D eigenvalue weighted by Gasteiger charge is 2.22. The van der Waals surface area contributed by atoms with E-state index in [1.54, 1.807) is 49.5 Å². The van der Waals surface area contributed by atoms with E-state index in [1.807, 2.05) is 181 Å². The highest BCUT2D eigenvalue weighted by Crippen LogP contribution is 2.40. The topological polar surface area (TPSA) is 329 Å². The molecule has 0 radical (unpaired) electrons. The van der Waals surface area contributed by atoms with Crippen LogP contribution in [0.1, 0.15) is 203 Å². The third-order valence-electron chi connectivity index (χ3n) is 22.1. The van der Waals surface area contributed by atoms with Crippen molar-refractivity contribution in [1.82, 2.24) is 29.0 Å². The Kier molecular flexibility index (Phi) is 39.1. The number of ether oxygens (including phenoxy) is 4. The number of carboxylic acids is 2. The van der Waals surface area contributed by atoms with Crippen LogP contribution < -0.4 is 14.2 Å². The number of carbonyl (C=O) groups excluding carboxylic acids is 8. The lowest BCUT2D eigenvalue weighted by Gasteiger charge is -2.26. The molecule has 0 bridgehead atoms. The van der Waals surface area contributed by atoms with Crippen molar-refractivity contribution < 1.29 is 82.2 Å². The van der Waals surface area contributed by atoms with Crippen molar-refractivity contribution in [2.24, 2.45) is 0 Å². The van der Waals surface area contributed by atoms with Crippen molar-refractivity contribution in [3.63, 3.8) is 0 Å². The number of aldehydes is 8. The number of nitrogens with one attached hydrogen (secondary N) is 3. The Hall–Kier alpha value is -13.1. The zero-order chi connectivity index (χ0) is 91.4. The number of rotatable bonds is 27. The fourth-order valence-electron chi connectivity index (χ4n) is 15.1. The number of thiophene rings is 1. The quantitative estimate of drug-likeness (QED) is 0.0206. The van der Waals surface area contributed by atoms with Gasteiger partial charge in [0.2, 0.25) is 0 Å². The van der Waals surface area contributed by atoms with E-state index in [0.717, 1.165) is 218 Å². The molecule has 0 spiro atoms. The Balaban J connectivity index is 0.000000179. The Labute approximate surface area is 743 Å². The molecular weight excluding hydrogens is 1630 g/mol. The van der Waals surface area contributed by atoms with E-state index < -0.39 is 11.9 Å². The van der Waals surface area contributed by atoms with Crippen molar-refractivity contribution in [1.29, 1.82) is 0 Å². The van der Waals surface area contributed by atoms with Gasteiger partial charge in [0, 0.05) is 133 Å². The summed E-state index contributed by atoms with van der Waals surface area (Å²) in [5.41, 5.74) is 22.5. The molecule has 7 heterocycles. The van der Waals surface area contributed by atoms with Crippen LogP contribution in [0, 0.1) is 48.5 Å². The number of carbonyl (C=O) groups is 10. The highest BCUT2D eigenvalue weighted by molar-refractivity contribution is 7.98. The normalized spacial score (nSPS) is 12.0. The minimum Gasteiger partial charge on any atom is -0.507 e. The third-order valence-corrected chi connectivity index (χ3v) is 23.7. The van der Waals surface area contributed by atoms with Crippen molar-refractivity contribution in [2.45, 2.75) is 137 Å². The number of aryl methyl sites for hydroxylation is 5. The molecular formula is C101H112N6O17S2. The lowest BCUT2D eigenvalue weighted by atomic mass is 9.95. The molecule has 660 valence electrons. The number of phenols is 1. The second-order valence-electron chi connectivity index (χ2n) is 30.1. The largest absolute Gasteiger partial charge is 0.507 e. The fraction of sp³-hybridized carbons (Fsp3) is 0.287. The first-order valence-electron chi connectivity index (χ1n) is 41.5. The average molecular weight is 1750 g/mol. The molecule has 0 unspecified atom stereocenters. The molecule has 2 aliphatic rings. The van der Waals surface area contributed by atoms with Gasteiger partial charge in [0.1, 0.15) is 48.1 Å². The van der Waals surface area contributed by atoms with Crippen LogP contribution in [0.5, 0.6) is 23.0 Å². The molecule has 7 aromatic carbocycles. The van der Waals surface area contributed by atoms with Gasteiger partial charge in [0.25, 0.3) is 0 Å². The van der Waals surface area contributed by atoms with Gasteiger partial charge in [-0.25, -0.2) is 0 Å². The summed E-state index contributed by atoms with van der Waals surface area (Å²) >= 11 is 3.29. The van der Waals surface area contributed by atoms with Crippen molar-refractivity contribution in [3.8, 4) is 50.3 Å². The highest BCUT2D eigenvalue weighted by atomic mass is 32.2. The maximum Gasteiger partial charge on any atom is 0.303 e. The summed E-state index contributed by atoms with van der Waals surface area (Å²) in [6, 6.07) is 50.1. The third kappa shape index (κ3) is 27.5. The van der Waals surface area contributed by atoms with E-state index in [2.05, 4.69) is 67.1 Å². The van der Waals surface area contributed by atoms with Crippen LogP contribution in [0.4, 0.5) is 0 Å². The molecule has 0 amide bonds. The van der Waals surface area contributed by atoms with E-state index >= 15 is 0 Å². The van der Waals surface area contributed by atoms with E-state index in [1.165, 1.54) is 61.1 Å². The predicted octanol–water partition coefficient (Wildman–Crippen LogP) is 20.9. The van der Waals surface area contributed by atoms with Gasteiger partial charge in [0.05, 0.1) is 62.7 Å². The fourth-order valence-corrected chi connectivity index (χ4v) is 16.2. The van der Waals surface area contributed by atoms with Crippen LogP contribution in [-0.4, -0.2) is 167 Å². The van der Waals surface area contributed by atoms with Crippen LogP contribution in [0.3, 0.4) is 0 Å². The van der Waals surface area contributed by atoms with Gasteiger partial charge in [-0.3, -0.25) is 52.8 Å². The monoisotopic (exact) mass is 1740 g/mol. The minimum absolute atomic E-state index is 0.0728. The number of morpholine rings is 1. The summed E-state index contributed by atoms with van der Waals surface area (Å²) in [7, 11) is 4.86. The average Bonchev–Trinajstić information content (AvgIpc) is 1.64. The van der Waals surface area contributed by atoms with Crippen molar-refractivity contribution in [3.05, 3.63) is 282 Å². The molecule has 0 atom stereocenters. The number of thioether (sulfide) groups is 1. The Morgan fingerprint density at radius 3 is 1.49 bits per heavy atom. The summed E-state index contributed by atoms with van der Waals surface area (Å²) in [6.45, 7) is 21.5. The lowest BCUT2D eigenvalue weighted by molar-refractivity contribution is -0.138. The molecule has 6 aromatic heterocycles. The number of fused-ring (bicyclic) bond motifs is 2. The molecule has 126 heavy (non-hydrogen) atoms. The molecule has 1 aliphatic heterocycles. The summed E-state index contributed by atoms with van der Waals surface area (Å²) in [5.74, 6) is 1.13. The number of H-pyrrole nitrogens is 3. The molecule has 1 saturated heterocycles. The van der Waals surface area contributed by atoms with Gasteiger partial charge in [-0.2, -0.15) is 0 Å². The number of benzene rings is 7. The van der Waals surface area contributed by atoms with Gasteiger partial charge < -0.3 is 58.4 Å². The van der Waals surface area contributed by atoms with Crippen LogP contribution in [0.25, 0.3) is 49.1 Å². The number of carboxylic acid groups (broad SMARTS) is 2. The maximum absolute atomic E-state index is 10.9. The number of nitrogens with zero attached hydrogens (tertiary/aromatic N) is 3. The first-order chi connectivity index (χ1) is 60.8. The van der Waals surface area contributed by atoms with Crippen LogP contribution in [0.15, 0.2) is 180 Å². The second kappa shape index (κ2) is 50.0. The Bertz CT molecular complexity index is 5730. The van der Waals surface area contributed by atoms with Crippen LogP contribution in [-0.2, 0) is 40.1 Å².